The molecule has 0 bridgehead atoms. The topological polar surface area (TPSA) is 65.5 Å². The second-order valence-electron chi connectivity index (χ2n) is 7.00. The second kappa shape index (κ2) is 8.79. The summed E-state index contributed by atoms with van der Waals surface area (Å²) in [4.78, 5) is 29.4. The first-order valence-electron chi connectivity index (χ1n) is 10.0. The smallest absolute Gasteiger partial charge is 0.344 e. The van der Waals surface area contributed by atoms with E-state index in [4.69, 9.17) is 14.5 Å². The summed E-state index contributed by atoms with van der Waals surface area (Å²) in [6.07, 6.45) is 0. The molecule has 0 amide bonds. The highest BCUT2D eigenvalue weighted by molar-refractivity contribution is 6.05. The minimum atomic E-state index is -0.508. The van der Waals surface area contributed by atoms with E-state index in [0.29, 0.717) is 40.1 Å². The first-order valence-corrected chi connectivity index (χ1v) is 10.0. The van der Waals surface area contributed by atoms with Crippen molar-refractivity contribution in [2.75, 3.05) is 6.61 Å². The maximum Gasteiger partial charge on any atom is 0.344 e. The number of carbonyl (C=O) groups is 2. The number of Topliss-reactive ketones (excluding diaryl/α,β-unsaturated/α-hetero) is 1. The van der Waals surface area contributed by atoms with Crippen molar-refractivity contribution < 1.29 is 19.1 Å². The van der Waals surface area contributed by atoms with E-state index in [-0.39, 0.29) is 5.78 Å². The number of carbonyl (C=O) groups excluding carboxylic acids is 2. The fraction of sp³-hybridized carbons (Fsp3) is 0.115. The van der Waals surface area contributed by atoms with Crippen molar-refractivity contribution in [3.63, 3.8) is 0 Å². The summed E-state index contributed by atoms with van der Waals surface area (Å²) in [5.41, 5.74) is 3.11. The van der Waals surface area contributed by atoms with Crippen LogP contribution in [0.1, 0.15) is 34.6 Å². The Kier molecular flexibility index (Phi) is 5.76. The summed E-state index contributed by atoms with van der Waals surface area (Å²) < 4.78 is 11.1. The maximum atomic E-state index is 13.1. The lowest BCUT2D eigenvalue weighted by molar-refractivity contribution is 0.0735. The normalized spacial score (nSPS) is 10.6. The monoisotopic (exact) mass is 411 g/mol. The lowest BCUT2D eigenvalue weighted by Gasteiger charge is -2.11. The van der Waals surface area contributed by atoms with Crippen molar-refractivity contribution >= 4 is 22.7 Å². The van der Waals surface area contributed by atoms with Crippen LogP contribution in [0.4, 0.5) is 0 Å². The molecular weight excluding hydrogens is 390 g/mol. The van der Waals surface area contributed by atoms with Crippen LogP contribution in [0.3, 0.4) is 0 Å². The number of fused-ring (bicyclic) bond motifs is 1. The summed E-state index contributed by atoms with van der Waals surface area (Å²) in [6.45, 7) is 4.00. The van der Waals surface area contributed by atoms with E-state index in [1.54, 1.807) is 30.3 Å². The van der Waals surface area contributed by atoms with Crippen molar-refractivity contribution in [1.82, 2.24) is 4.98 Å². The summed E-state index contributed by atoms with van der Waals surface area (Å²) >= 11 is 0. The van der Waals surface area contributed by atoms with Crippen LogP contribution in [-0.2, 0) is 0 Å². The van der Waals surface area contributed by atoms with Crippen LogP contribution in [0.15, 0.2) is 78.9 Å². The number of ether oxygens (including phenoxy) is 2. The molecule has 4 rings (SSSR count). The van der Waals surface area contributed by atoms with Gasteiger partial charge in [0.2, 0.25) is 0 Å². The summed E-state index contributed by atoms with van der Waals surface area (Å²) in [5.74, 6) is 0.495. The summed E-state index contributed by atoms with van der Waals surface area (Å²) in [5, 5.41) is 0.699. The van der Waals surface area contributed by atoms with Crippen molar-refractivity contribution in [1.29, 1.82) is 0 Å². The molecule has 0 radical (unpaired) electrons. The number of aromatic nitrogens is 1. The van der Waals surface area contributed by atoms with Crippen LogP contribution in [0, 0.1) is 0 Å². The molecule has 0 atom stereocenters. The van der Waals surface area contributed by atoms with Crippen LogP contribution in [0.2, 0.25) is 0 Å². The van der Waals surface area contributed by atoms with E-state index in [1.807, 2.05) is 55.5 Å². The van der Waals surface area contributed by atoms with Crippen LogP contribution in [-0.4, -0.2) is 23.3 Å². The number of nitrogens with zero attached hydrogens (tertiary/aromatic N) is 1. The van der Waals surface area contributed by atoms with Crippen molar-refractivity contribution in [3.05, 3.63) is 90.0 Å². The average molecular weight is 411 g/mol. The SMILES string of the molecule is CCOc1ccc(-c2cc(C(=O)Oc3cccc(C(C)=O)c3)c3ccccc3n2)cc1. The first kappa shape index (κ1) is 20.3. The maximum absolute atomic E-state index is 13.1. The molecule has 0 spiro atoms. The Balaban J connectivity index is 1.73. The van der Waals surface area contributed by atoms with Gasteiger partial charge in [0.05, 0.1) is 23.4 Å². The molecule has 5 heteroatoms. The third-order valence-corrected chi connectivity index (χ3v) is 4.85. The van der Waals surface area contributed by atoms with Gasteiger partial charge in [-0.2, -0.15) is 0 Å². The van der Waals surface area contributed by atoms with Gasteiger partial charge >= 0.3 is 5.97 Å². The van der Waals surface area contributed by atoms with Gasteiger partial charge in [0, 0.05) is 16.5 Å². The van der Waals surface area contributed by atoms with Gasteiger partial charge in [-0.1, -0.05) is 30.3 Å². The molecular formula is C26H21NO4. The summed E-state index contributed by atoms with van der Waals surface area (Å²) in [7, 11) is 0. The molecule has 0 saturated heterocycles. The highest BCUT2D eigenvalue weighted by Crippen LogP contribution is 2.27. The average Bonchev–Trinajstić information content (AvgIpc) is 2.79. The predicted octanol–water partition coefficient (Wildman–Crippen LogP) is 5.72. The predicted molar refractivity (Wildman–Crippen MR) is 120 cm³/mol. The molecule has 0 unspecified atom stereocenters. The zero-order valence-corrected chi connectivity index (χ0v) is 17.3. The molecule has 5 nitrogen and oxygen atoms in total. The molecule has 0 aliphatic rings. The van der Waals surface area contributed by atoms with Gasteiger partial charge < -0.3 is 9.47 Å². The Bertz CT molecular complexity index is 1260. The molecule has 0 fully saturated rings. The van der Waals surface area contributed by atoms with Gasteiger partial charge in [-0.25, -0.2) is 9.78 Å². The molecule has 1 heterocycles. The second-order valence-corrected chi connectivity index (χ2v) is 7.00. The Morgan fingerprint density at radius 2 is 1.65 bits per heavy atom. The van der Waals surface area contributed by atoms with E-state index < -0.39 is 5.97 Å². The number of benzene rings is 3. The molecule has 0 saturated carbocycles. The molecule has 4 aromatic rings. The first-order chi connectivity index (χ1) is 15.0. The van der Waals surface area contributed by atoms with E-state index in [9.17, 15) is 9.59 Å². The van der Waals surface area contributed by atoms with Crippen LogP contribution in [0.25, 0.3) is 22.2 Å². The largest absolute Gasteiger partial charge is 0.494 e. The molecule has 3 aromatic carbocycles. The fourth-order valence-electron chi connectivity index (χ4n) is 3.32. The molecule has 0 N–H and O–H groups in total. The molecule has 0 aliphatic carbocycles. The van der Waals surface area contributed by atoms with Gasteiger partial charge in [-0.15, -0.1) is 0 Å². The zero-order chi connectivity index (χ0) is 21.8. The molecule has 1 aromatic heterocycles. The Morgan fingerprint density at radius 3 is 2.39 bits per heavy atom. The Morgan fingerprint density at radius 1 is 0.871 bits per heavy atom. The van der Waals surface area contributed by atoms with E-state index >= 15 is 0 Å². The fourth-order valence-corrected chi connectivity index (χ4v) is 3.32. The molecule has 0 aliphatic heterocycles. The van der Waals surface area contributed by atoms with Crippen LogP contribution < -0.4 is 9.47 Å². The number of hydrogen-bond acceptors (Lipinski definition) is 5. The van der Waals surface area contributed by atoms with Crippen LogP contribution >= 0.6 is 0 Å². The van der Waals surface area contributed by atoms with Crippen molar-refractivity contribution in [2.24, 2.45) is 0 Å². The number of hydrogen-bond donors (Lipinski definition) is 0. The van der Waals surface area contributed by atoms with Gasteiger partial charge in [0.1, 0.15) is 11.5 Å². The van der Waals surface area contributed by atoms with Crippen molar-refractivity contribution in [2.45, 2.75) is 13.8 Å². The van der Waals surface area contributed by atoms with Gasteiger partial charge in [0.25, 0.3) is 0 Å². The van der Waals surface area contributed by atoms with E-state index in [0.717, 1.165) is 11.3 Å². The minimum absolute atomic E-state index is 0.0926. The lowest BCUT2D eigenvalue weighted by Crippen LogP contribution is -2.10. The van der Waals surface area contributed by atoms with Gasteiger partial charge in [-0.3, -0.25) is 4.79 Å². The highest BCUT2D eigenvalue weighted by atomic mass is 16.5. The van der Waals surface area contributed by atoms with Crippen LogP contribution in [0.5, 0.6) is 11.5 Å². The van der Waals surface area contributed by atoms with E-state index in [2.05, 4.69) is 0 Å². The third-order valence-electron chi connectivity index (χ3n) is 4.85. The number of para-hydroxylation sites is 1. The number of esters is 1. The quantitative estimate of drug-likeness (QED) is 0.231. The lowest BCUT2D eigenvalue weighted by atomic mass is 10.0. The Hall–Kier alpha value is -3.99. The minimum Gasteiger partial charge on any atom is -0.494 e. The Labute approximate surface area is 180 Å². The van der Waals surface area contributed by atoms with Gasteiger partial charge in [-0.05, 0) is 62.4 Å². The highest BCUT2D eigenvalue weighted by Gasteiger charge is 2.16. The summed E-state index contributed by atoms with van der Waals surface area (Å²) in [6, 6.07) is 23.3. The van der Waals surface area contributed by atoms with Crippen molar-refractivity contribution in [3.8, 4) is 22.8 Å². The number of rotatable bonds is 6. The number of pyridine rings is 1. The van der Waals surface area contributed by atoms with Gasteiger partial charge in [0.15, 0.2) is 5.78 Å². The third kappa shape index (κ3) is 4.46. The van der Waals surface area contributed by atoms with E-state index in [1.165, 1.54) is 6.92 Å². The molecule has 31 heavy (non-hydrogen) atoms. The standard InChI is InChI=1S/C26H21NO4/c1-3-30-20-13-11-18(12-14-20)25-16-23(22-9-4-5-10-24(22)27-25)26(29)31-21-8-6-7-19(15-21)17(2)28/h4-16H,3H2,1-2H3. The molecule has 154 valence electrons. The zero-order valence-electron chi connectivity index (χ0n) is 17.3. The number of ketones is 1.